The van der Waals surface area contributed by atoms with E-state index in [0.29, 0.717) is 6.42 Å². The molecular weight excluding hydrogens is 218 g/mol. The Balaban J connectivity index is 2.83. The van der Waals surface area contributed by atoms with E-state index >= 15 is 0 Å². The summed E-state index contributed by atoms with van der Waals surface area (Å²) in [4.78, 5) is 34.7. The lowest BCUT2D eigenvalue weighted by Crippen LogP contribution is -2.51. The van der Waals surface area contributed by atoms with Gasteiger partial charge in [0, 0.05) is 18.6 Å². The standard InChI is InChI=1S/C9H13NO4S/c1-15-5-6(9(13)14)10-7(11)3-2-4-8(10)12/h6H,2-5H2,1H3,(H,13,14). The number of likely N-dealkylation sites (tertiary alicyclic amines) is 1. The number of carbonyl (C=O) groups is 3. The molecule has 84 valence electrons. The number of carbonyl (C=O) groups excluding carboxylic acids is 2. The Bertz CT molecular complexity index is 276. The second-order valence-electron chi connectivity index (χ2n) is 3.32. The van der Waals surface area contributed by atoms with Crippen LogP contribution in [0.1, 0.15) is 19.3 Å². The van der Waals surface area contributed by atoms with Gasteiger partial charge in [0.25, 0.3) is 0 Å². The van der Waals surface area contributed by atoms with Gasteiger partial charge >= 0.3 is 5.97 Å². The third-order valence-electron chi connectivity index (χ3n) is 2.24. The Kier molecular flexibility index (Phi) is 4.14. The lowest BCUT2D eigenvalue weighted by molar-refractivity contribution is -0.159. The number of nitrogens with zero attached hydrogens (tertiary/aromatic N) is 1. The van der Waals surface area contributed by atoms with Gasteiger partial charge in [0.2, 0.25) is 11.8 Å². The van der Waals surface area contributed by atoms with Crippen LogP contribution < -0.4 is 0 Å². The summed E-state index contributed by atoms with van der Waals surface area (Å²) in [6.45, 7) is 0. The highest BCUT2D eigenvalue weighted by atomic mass is 32.2. The second-order valence-corrected chi connectivity index (χ2v) is 4.23. The van der Waals surface area contributed by atoms with E-state index in [1.165, 1.54) is 11.8 Å². The number of rotatable bonds is 4. The molecular formula is C9H13NO4S. The molecule has 0 saturated carbocycles. The fourth-order valence-electron chi connectivity index (χ4n) is 1.53. The van der Waals surface area contributed by atoms with Crippen LogP contribution in [0.5, 0.6) is 0 Å². The predicted octanol–water partition coefficient (Wildman–Crippen LogP) is 0.342. The number of amides is 2. The zero-order valence-corrected chi connectivity index (χ0v) is 9.25. The van der Waals surface area contributed by atoms with E-state index in [-0.39, 0.29) is 30.4 Å². The third-order valence-corrected chi connectivity index (χ3v) is 2.89. The fourth-order valence-corrected chi connectivity index (χ4v) is 2.14. The van der Waals surface area contributed by atoms with Gasteiger partial charge < -0.3 is 5.11 Å². The molecule has 1 aliphatic heterocycles. The number of aliphatic carboxylic acids is 1. The Hall–Kier alpha value is -1.04. The first kappa shape index (κ1) is 12.0. The van der Waals surface area contributed by atoms with Crippen molar-refractivity contribution < 1.29 is 19.5 Å². The molecule has 1 heterocycles. The van der Waals surface area contributed by atoms with Crippen LogP contribution in [0.25, 0.3) is 0 Å². The molecule has 0 radical (unpaired) electrons. The summed E-state index contributed by atoms with van der Waals surface area (Å²) in [7, 11) is 0. The van der Waals surface area contributed by atoms with Gasteiger partial charge in [0.05, 0.1) is 0 Å². The number of hydrogen-bond acceptors (Lipinski definition) is 4. The Labute approximate surface area is 91.8 Å². The average Bonchev–Trinajstić information content (AvgIpc) is 2.15. The normalized spacial score (nSPS) is 19.1. The molecule has 1 aliphatic rings. The van der Waals surface area contributed by atoms with E-state index in [2.05, 4.69) is 0 Å². The van der Waals surface area contributed by atoms with E-state index in [1.807, 2.05) is 0 Å². The van der Waals surface area contributed by atoms with Crippen molar-refractivity contribution in [1.29, 1.82) is 0 Å². The minimum Gasteiger partial charge on any atom is -0.480 e. The smallest absolute Gasteiger partial charge is 0.327 e. The van der Waals surface area contributed by atoms with Crippen molar-refractivity contribution in [3.05, 3.63) is 0 Å². The highest BCUT2D eigenvalue weighted by molar-refractivity contribution is 7.98. The highest BCUT2D eigenvalue weighted by Crippen LogP contribution is 2.17. The van der Waals surface area contributed by atoms with Gasteiger partial charge in [-0.05, 0) is 12.7 Å². The summed E-state index contributed by atoms with van der Waals surface area (Å²) in [5, 5.41) is 8.93. The van der Waals surface area contributed by atoms with Gasteiger partial charge in [0.1, 0.15) is 6.04 Å². The van der Waals surface area contributed by atoms with E-state index in [4.69, 9.17) is 5.11 Å². The number of hydrogen-bond donors (Lipinski definition) is 1. The second kappa shape index (κ2) is 5.16. The molecule has 0 aromatic heterocycles. The number of imide groups is 1. The summed E-state index contributed by atoms with van der Waals surface area (Å²) < 4.78 is 0. The molecule has 0 aromatic carbocycles. The van der Waals surface area contributed by atoms with Gasteiger partial charge in [-0.2, -0.15) is 11.8 Å². The summed E-state index contributed by atoms with van der Waals surface area (Å²) in [6.07, 6.45) is 2.81. The van der Waals surface area contributed by atoms with Crippen molar-refractivity contribution in [2.45, 2.75) is 25.3 Å². The summed E-state index contributed by atoms with van der Waals surface area (Å²) in [5.74, 6) is -1.61. The summed E-state index contributed by atoms with van der Waals surface area (Å²) in [5.41, 5.74) is 0. The molecule has 0 spiro atoms. The van der Waals surface area contributed by atoms with Crippen LogP contribution >= 0.6 is 11.8 Å². The van der Waals surface area contributed by atoms with E-state index in [1.54, 1.807) is 6.26 Å². The fraction of sp³-hybridized carbons (Fsp3) is 0.667. The number of carboxylic acids is 1. The highest BCUT2D eigenvalue weighted by Gasteiger charge is 2.36. The quantitative estimate of drug-likeness (QED) is 0.706. The van der Waals surface area contributed by atoms with Gasteiger partial charge in [-0.1, -0.05) is 0 Å². The van der Waals surface area contributed by atoms with Gasteiger partial charge in [0.15, 0.2) is 0 Å². The van der Waals surface area contributed by atoms with Crippen molar-refractivity contribution >= 4 is 29.5 Å². The molecule has 6 heteroatoms. The number of piperidine rings is 1. The topological polar surface area (TPSA) is 74.7 Å². The largest absolute Gasteiger partial charge is 0.480 e. The molecule has 0 bridgehead atoms. The van der Waals surface area contributed by atoms with Crippen molar-refractivity contribution in [3.8, 4) is 0 Å². The molecule has 1 saturated heterocycles. The molecule has 1 N–H and O–H groups in total. The molecule has 1 atom stereocenters. The minimum atomic E-state index is -1.12. The molecule has 5 nitrogen and oxygen atoms in total. The first-order chi connectivity index (χ1) is 7.07. The van der Waals surface area contributed by atoms with Crippen LogP contribution in [0, 0.1) is 0 Å². The van der Waals surface area contributed by atoms with E-state index in [9.17, 15) is 14.4 Å². The van der Waals surface area contributed by atoms with Crippen molar-refractivity contribution in [2.75, 3.05) is 12.0 Å². The Morgan fingerprint density at radius 3 is 2.40 bits per heavy atom. The van der Waals surface area contributed by atoms with Crippen molar-refractivity contribution in [3.63, 3.8) is 0 Å². The average molecular weight is 231 g/mol. The summed E-state index contributed by atoms with van der Waals surface area (Å²) >= 11 is 1.31. The third kappa shape index (κ3) is 2.71. The lowest BCUT2D eigenvalue weighted by Gasteiger charge is -2.29. The van der Waals surface area contributed by atoms with Crippen molar-refractivity contribution in [1.82, 2.24) is 4.90 Å². The molecule has 2 amide bonds. The lowest BCUT2D eigenvalue weighted by atomic mass is 10.1. The minimum absolute atomic E-state index is 0.243. The maximum absolute atomic E-state index is 11.5. The zero-order chi connectivity index (χ0) is 11.4. The van der Waals surface area contributed by atoms with E-state index in [0.717, 1.165) is 4.90 Å². The predicted molar refractivity (Wildman–Crippen MR) is 55.5 cm³/mol. The van der Waals surface area contributed by atoms with Gasteiger partial charge in [-0.3, -0.25) is 14.5 Å². The molecule has 15 heavy (non-hydrogen) atoms. The Morgan fingerprint density at radius 1 is 1.47 bits per heavy atom. The molecule has 1 fully saturated rings. The monoisotopic (exact) mass is 231 g/mol. The van der Waals surface area contributed by atoms with Gasteiger partial charge in [-0.25, -0.2) is 4.79 Å². The van der Waals surface area contributed by atoms with Crippen LogP contribution in [0.15, 0.2) is 0 Å². The van der Waals surface area contributed by atoms with Crippen LogP contribution in [-0.4, -0.2) is 45.8 Å². The maximum atomic E-state index is 11.5. The number of carboxylic acid groups (broad SMARTS) is 1. The van der Waals surface area contributed by atoms with E-state index < -0.39 is 12.0 Å². The van der Waals surface area contributed by atoms with Crippen molar-refractivity contribution in [2.24, 2.45) is 0 Å². The maximum Gasteiger partial charge on any atom is 0.327 e. The first-order valence-electron chi connectivity index (χ1n) is 4.64. The molecule has 1 rings (SSSR count). The summed E-state index contributed by atoms with van der Waals surface area (Å²) in [6, 6.07) is -1.01. The first-order valence-corrected chi connectivity index (χ1v) is 6.04. The molecule has 0 aromatic rings. The van der Waals surface area contributed by atoms with Crippen LogP contribution in [0.4, 0.5) is 0 Å². The molecule has 1 unspecified atom stereocenters. The Morgan fingerprint density at radius 2 is 2.00 bits per heavy atom. The van der Waals surface area contributed by atoms with Crippen LogP contribution in [-0.2, 0) is 14.4 Å². The SMILES string of the molecule is CSCC(C(=O)O)N1C(=O)CCCC1=O. The van der Waals surface area contributed by atoms with Crippen LogP contribution in [0.2, 0.25) is 0 Å². The molecule has 0 aliphatic carbocycles. The number of thioether (sulfide) groups is 1. The zero-order valence-electron chi connectivity index (χ0n) is 8.43. The van der Waals surface area contributed by atoms with Gasteiger partial charge in [-0.15, -0.1) is 0 Å². The van der Waals surface area contributed by atoms with Crippen LogP contribution in [0.3, 0.4) is 0 Å².